The Kier molecular flexibility index (Phi) is 48.4. The summed E-state index contributed by atoms with van der Waals surface area (Å²) in [4.78, 5) is 0. The first-order chi connectivity index (χ1) is 30.8. The molecule has 0 rings (SSSR count). The largest absolute Gasteiger partial charge is 0.532 e. The van der Waals surface area contributed by atoms with Crippen molar-refractivity contribution in [3.63, 3.8) is 0 Å². The molecule has 0 amide bonds. The van der Waals surface area contributed by atoms with Gasteiger partial charge in [-0.05, 0) is 73.0 Å². The second kappa shape index (κ2) is 47.8. The molecule has 0 aliphatic heterocycles. The van der Waals surface area contributed by atoms with Gasteiger partial charge in [-0.3, -0.25) is 0 Å². The fraction of sp³-hybridized carbons (Fsp3) is 1.00. The molecular formula is C56H118FO3PS2. The van der Waals surface area contributed by atoms with E-state index in [-0.39, 0.29) is 0 Å². The van der Waals surface area contributed by atoms with Gasteiger partial charge >= 0.3 is 7.91 Å². The molecule has 0 N–H and O–H groups in total. The fourth-order valence-electron chi connectivity index (χ4n) is 9.51. The maximum atomic E-state index is 17.6. The van der Waals surface area contributed by atoms with Gasteiger partial charge in [-0.15, -0.1) is 24.8 Å². The second-order valence-corrected chi connectivity index (χ2v) is 28.5. The lowest BCUT2D eigenvalue weighted by Gasteiger charge is -2.44. The Labute approximate surface area is 401 Å². The molecule has 0 aromatic heterocycles. The molecule has 384 valence electrons. The van der Waals surface area contributed by atoms with Crippen LogP contribution < -0.4 is 0 Å². The van der Waals surface area contributed by atoms with E-state index in [4.69, 9.17) is 7.94 Å². The molecule has 0 aliphatic carbocycles. The molecule has 0 spiro atoms. The maximum absolute atomic E-state index is 17.6. The lowest BCUT2D eigenvalue weighted by atomic mass is 10.1. The third-order valence-electron chi connectivity index (χ3n) is 13.7. The molecule has 0 aliphatic rings. The van der Waals surface area contributed by atoms with Crippen molar-refractivity contribution >= 4 is 28.5 Å². The van der Waals surface area contributed by atoms with Gasteiger partial charge in [-0.2, -0.15) is 0 Å². The first-order valence-electron chi connectivity index (χ1n) is 29.0. The van der Waals surface area contributed by atoms with E-state index in [1.165, 1.54) is 244 Å². The summed E-state index contributed by atoms with van der Waals surface area (Å²) in [5.74, 6) is 5.42. The smallest absolute Gasteiger partial charge is 0.233 e. The number of unbranched alkanes of at least 4 members (excludes halogenated alkanes) is 38. The minimum Gasteiger partial charge on any atom is -0.233 e. The highest BCUT2D eigenvalue weighted by atomic mass is 32.3. The summed E-state index contributed by atoms with van der Waals surface area (Å²) in [6.07, 6.45) is 54.9. The summed E-state index contributed by atoms with van der Waals surface area (Å²) in [5, 5.41) is 0. The van der Waals surface area contributed by atoms with E-state index in [0.717, 1.165) is 73.0 Å². The van der Waals surface area contributed by atoms with E-state index >= 15 is 4.20 Å². The highest BCUT2D eigenvalue weighted by Gasteiger charge is 2.42. The summed E-state index contributed by atoms with van der Waals surface area (Å²) < 4.78 is 46.1. The van der Waals surface area contributed by atoms with E-state index in [2.05, 4.69) is 41.5 Å². The average Bonchev–Trinajstić information content (AvgIpc) is 3.26. The van der Waals surface area contributed by atoms with Crippen molar-refractivity contribution in [3.8, 4) is 0 Å². The van der Waals surface area contributed by atoms with Crippen LogP contribution in [0.1, 0.15) is 324 Å². The van der Waals surface area contributed by atoms with Crippen LogP contribution in [-0.2, 0) is 12.5 Å². The van der Waals surface area contributed by atoms with Gasteiger partial charge < -0.3 is 0 Å². The van der Waals surface area contributed by atoms with Crippen LogP contribution in [0.15, 0.2) is 0 Å². The van der Waals surface area contributed by atoms with Crippen molar-refractivity contribution in [2.75, 3.05) is 34.5 Å². The number of hydrogen-bond donors (Lipinski definition) is 0. The molecule has 0 radical (unpaired) electrons. The van der Waals surface area contributed by atoms with Crippen molar-refractivity contribution < 1.29 is 16.7 Å². The third-order valence-corrected chi connectivity index (χ3v) is 23.9. The van der Waals surface area contributed by atoms with Crippen molar-refractivity contribution in [2.45, 2.75) is 324 Å². The zero-order valence-corrected chi connectivity index (χ0v) is 46.7. The number of halogens is 1. The summed E-state index contributed by atoms with van der Waals surface area (Å²) in [5.41, 5.74) is 0. The van der Waals surface area contributed by atoms with Gasteiger partial charge in [0.05, 0.1) is 0 Å². The summed E-state index contributed by atoms with van der Waals surface area (Å²) in [6, 6.07) is 0. The molecule has 0 aromatic rings. The van der Waals surface area contributed by atoms with E-state index in [0.29, 0.717) is 0 Å². The molecule has 0 aromatic carbocycles. The van der Waals surface area contributed by atoms with Gasteiger partial charge in [0, 0.05) is 0 Å². The molecule has 0 saturated carbocycles. The highest BCUT2D eigenvalue weighted by Crippen LogP contribution is 2.73. The third kappa shape index (κ3) is 41.5. The first kappa shape index (κ1) is 63.8. The van der Waals surface area contributed by atoms with Crippen LogP contribution in [0.3, 0.4) is 0 Å². The van der Waals surface area contributed by atoms with Crippen LogP contribution in [0.5, 0.6) is 0 Å². The molecule has 0 heterocycles. The van der Waals surface area contributed by atoms with Gasteiger partial charge in [-0.1, -0.05) is 286 Å². The Hall–Kier alpha value is 0.780. The monoisotopic (exact) mass is 953 g/mol. The minimum absolute atomic E-state index is 0.903. The van der Waals surface area contributed by atoms with Crippen LogP contribution in [0, 0.1) is 0 Å². The minimum atomic E-state index is -4.79. The van der Waals surface area contributed by atoms with Crippen LogP contribution in [0.2, 0.25) is 0 Å². The Morgan fingerprint density at radius 3 is 0.524 bits per heavy atom. The SMILES string of the molecule is CCCCCCCCCCS(CCCCCCCCC)(CCCCCCCCC)OP(=O)(F)OS(CCCCCCCCC)(CCCCCCCCC)CCCCCCCCCC. The van der Waals surface area contributed by atoms with E-state index in [1.807, 2.05) is 0 Å². The van der Waals surface area contributed by atoms with Gasteiger partial charge in [0.25, 0.3) is 0 Å². The summed E-state index contributed by atoms with van der Waals surface area (Å²) in [6.45, 7) is 13.7. The van der Waals surface area contributed by atoms with Crippen LogP contribution in [0.4, 0.5) is 4.20 Å². The fourth-order valence-corrected chi connectivity index (χ4v) is 20.3. The van der Waals surface area contributed by atoms with Crippen molar-refractivity contribution in [2.24, 2.45) is 0 Å². The molecule has 0 atom stereocenters. The number of rotatable bonds is 54. The number of hydrogen-bond acceptors (Lipinski definition) is 3. The van der Waals surface area contributed by atoms with E-state index in [9.17, 15) is 4.57 Å². The standard InChI is InChI=1S/C56H118FO3PS2/c1-7-13-19-25-31-37-43-49-55-62(51-45-39-33-27-21-15-9-3,52-46-40-34-28-22-16-10-4)59-61(57,58)60-63(53-47-41-35-29-23-17-11-5,54-48-42-36-30-24-18-12-6)56-50-44-38-32-26-20-14-8-2/h7-56H2,1-6H3. The quantitative estimate of drug-likeness (QED) is 0.0450. The molecule has 3 nitrogen and oxygen atoms in total. The normalized spacial score (nSPS) is 13.1. The molecule has 7 heteroatoms. The molecular weight excluding hydrogens is 835 g/mol. The zero-order chi connectivity index (χ0) is 46.3. The Bertz CT molecular complexity index is 848. The van der Waals surface area contributed by atoms with Crippen molar-refractivity contribution in [1.29, 1.82) is 0 Å². The molecule has 63 heavy (non-hydrogen) atoms. The first-order valence-corrected chi connectivity index (χ1v) is 34.6. The molecule has 0 fully saturated rings. The van der Waals surface area contributed by atoms with E-state index < -0.39 is 28.5 Å². The predicted molar refractivity (Wildman–Crippen MR) is 292 cm³/mol. The maximum Gasteiger partial charge on any atom is 0.532 e. The Morgan fingerprint density at radius 1 is 0.254 bits per heavy atom. The lowest BCUT2D eigenvalue weighted by Crippen LogP contribution is -2.20. The van der Waals surface area contributed by atoms with Crippen molar-refractivity contribution in [3.05, 3.63) is 0 Å². The average molecular weight is 954 g/mol. The van der Waals surface area contributed by atoms with Gasteiger partial charge in [0.1, 0.15) is 0 Å². The molecule has 0 saturated heterocycles. The zero-order valence-electron chi connectivity index (χ0n) is 44.2. The second-order valence-electron chi connectivity index (χ2n) is 20.2. The summed E-state index contributed by atoms with van der Waals surface area (Å²) >= 11 is 0. The predicted octanol–water partition coefficient (Wildman–Crippen LogP) is 22.8. The lowest BCUT2D eigenvalue weighted by molar-refractivity contribution is 0.363. The van der Waals surface area contributed by atoms with Crippen LogP contribution in [-0.4, -0.2) is 34.5 Å². The Balaban J connectivity index is 6.51. The van der Waals surface area contributed by atoms with Crippen molar-refractivity contribution in [1.82, 2.24) is 0 Å². The van der Waals surface area contributed by atoms with Gasteiger partial charge in [0.2, 0.25) is 0 Å². The van der Waals surface area contributed by atoms with Crippen LogP contribution in [0.25, 0.3) is 0 Å². The Morgan fingerprint density at radius 2 is 0.381 bits per heavy atom. The van der Waals surface area contributed by atoms with Gasteiger partial charge in [0.15, 0.2) is 0 Å². The van der Waals surface area contributed by atoms with Gasteiger partial charge in [-0.25, -0.2) is 12.5 Å². The molecule has 0 bridgehead atoms. The van der Waals surface area contributed by atoms with E-state index in [1.54, 1.807) is 0 Å². The highest BCUT2D eigenvalue weighted by molar-refractivity contribution is 8.33. The van der Waals surface area contributed by atoms with Crippen LogP contribution >= 0.6 is 28.5 Å². The molecule has 0 unspecified atom stereocenters. The topological polar surface area (TPSA) is 35.5 Å². The summed E-state index contributed by atoms with van der Waals surface area (Å²) in [7, 11) is -8.57.